The van der Waals surface area contributed by atoms with Crippen LogP contribution in [0.1, 0.15) is 40.4 Å². The third kappa shape index (κ3) is 4.47. The van der Waals surface area contributed by atoms with E-state index in [0.29, 0.717) is 29.2 Å². The van der Waals surface area contributed by atoms with Crippen LogP contribution in [-0.4, -0.2) is 46.2 Å². The summed E-state index contributed by atoms with van der Waals surface area (Å²) in [5.74, 6) is 1.22. The van der Waals surface area contributed by atoms with Crippen molar-refractivity contribution in [2.75, 3.05) is 27.0 Å². The van der Waals surface area contributed by atoms with Gasteiger partial charge in [-0.1, -0.05) is 18.2 Å². The molecule has 0 unspecified atom stereocenters. The lowest BCUT2D eigenvalue weighted by Crippen LogP contribution is -2.30. The Kier molecular flexibility index (Phi) is 5.93. The number of hydrogen-bond acceptors (Lipinski definition) is 5. The Morgan fingerprint density at radius 3 is 2.36 bits per heavy atom. The summed E-state index contributed by atoms with van der Waals surface area (Å²) in [5.41, 5.74) is 2.25. The molecule has 0 bridgehead atoms. The number of sulfone groups is 1. The molecule has 2 aromatic carbocycles. The molecule has 7 heteroatoms. The summed E-state index contributed by atoms with van der Waals surface area (Å²) < 4.78 is 33.6. The Labute approximate surface area is 166 Å². The van der Waals surface area contributed by atoms with Crippen molar-refractivity contribution in [3.05, 3.63) is 59.2 Å². The zero-order valence-corrected chi connectivity index (χ0v) is 17.2. The molecule has 0 N–H and O–H groups in total. The summed E-state index contributed by atoms with van der Waals surface area (Å²) in [6, 6.07) is 12.5. The Hall–Kier alpha value is -2.54. The van der Waals surface area contributed by atoms with Gasteiger partial charge in [0.1, 0.15) is 0 Å². The predicted molar refractivity (Wildman–Crippen MR) is 108 cm³/mol. The summed E-state index contributed by atoms with van der Waals surface area (Å²) >= 11 is 0. The quantitative estimate of drug-likeness (QED) is 0.740. The molecule has 1 aliphatic heterocycles. The number of amides is 1. The first-order valence-electron chi connectivity index (χ1n) is 9.12. The maximum Gasteiger partial charge on any atom is 0.254 e. The lowest BCUT2D eigenvalue weighted by Gasteiger charge is -2.26. The highest BCUT2D eigenvalue weighted by atomic mass is 32.2. The molecule has 6 nitrogen and oxygen atoms in total. The molecule has 28 heavy (non-hydrogen) atoms. The zero-order chi connectivity index (χ0) is 20.3. The molecular weight excluding hydrogens is 378 g/mol. The third-order valence-corrected chi connectivity index (χ3v) is 5.79. The van der Waals surface area contributed by atoms with E-state index in [4.69, 9.17) is 9.47 Å². The second kappa shape index (κ2) is 8.22. The van der Waals surface area contributed by atoms with Crippen LogP contribution >= 0.6 is 0 Å². The van der Waals surface area contributed by atoms with Crippen molar-refractivity contribution in [3.8, 4) is 11.5 Å². The second-order valence-corrected chi connectivity index (χ2v) is 9.18. The molecule has 1 aliphatic rings. The first-order valence-corrected chi connectivity index (χ1v) is 11.2. The monoisotopic (exact) mass is 403 g/mol. The Morgan fingerprint density at radius 1 is 1.07 bits per heavy atom. The molecule has 3 rings (SSSR count). The topological polar surface area (TPSA) is 72.9 Å². The van der Waals surface area contributed by atoms with E-state index < -0.39 is 9.84 Å². The predicted octanol–water partition coefficient (Wildman–Crippen LogP) is 3.23. The number of benzene rings is 2. The minimum absolute atomic E-state index is 0.0250. The SMILES string of the molecule is COc1ccc([C@@H]2CCCN2C(=O)c2ccc(CS(C)(=O)=O)cc2)cc1OC. The summed E-state index contributed by atoms with van der Waals surface area (Å²) in [6.07, 6.45) is 3.01. The highest BCUT2D eigenvalue weighted by Crippen LogP contribution is 2.37. The van der Waals surface area contributed by atoms with Gasteiger partial charge >= 0.3 is 0 Å². The molecule has 2 aromatic rings. The van der Waals surface area contributed by atoms with Crippen LogP contribution in [-0.2, 0) is 15.6 Å². The lowest BCUT2D eigenvalue weighted by molar-refractivity contribution is 0.0735. The van der Waals surface area contributed by atoms with Gasteiger partial charge in [-0.2, -0.15) is 0 Å². The summed E-state index contributed by atoms with van der Waals surface area (Å²) in [7, 11) is 0.0875. The van der Waals surface area contributed by atoms with E-state index >= 15 is 0 Å². The molecule has 1 heterocycles. The molecule has 150 valence electrons. The molecule has 1 saturated heterocycles. The van der Waals surface area contributed by atoms with E-state index in [-0.39, 0.29) is 17.7 Å². The highest BCUT2D eigenvalue weighted by Gasteiger charge is 2.31. The fourth-order valence-electron chi connectivity index (χ4n) is 3.63. The van der Waals surface area contributed by atoms with Gasteiger partial charge in [0.05, 0.1) is 26.0 Å². The number of nitrogens with zero attached hydrogens (tertiary/aromatic N) is 1. The van der Waals surface area contributed by atoms with Gasteiger partial charge < -0.3 is 14.4 Å². The number of hydrogen-bond donors (Lipinski definition) is 0. The number of methoxy groups -OCH3 is 2. The minimum atomic E-state index is -3.10. The van der Waals surface area contributed by atoms with Crippen LogP contribution in [0.25, 0.3) is 0 Å². The molecule has 0 saturated carbocycles. The van der Waals surface area contributed by atoms with Crippen molar-refractivity contribution in [2.45, 2.75) is 24.6 Å². The maximum absolute atomic E-state index is 13.1. The van der Waals surface area contributed by atoms with Gasteiger partial charge in [-0.15, -0.1) is 0 Å². The van der Waals surface area contributed by atoms with Gasteiger partial charge in [-0.25, -0.2) is 8.42 Å². The van der Waals surface area contributed by atoms with Crippen LogP contribution < -0.4 is 9.47 Å². The van der Waals surface area contributed by atoms with E-state index in [0.717, 1.165) is 18.4 Å². The number of carbonyl (C=O) groups is 1. The Balaban J connectivity index is 1.81. The first kappa shape index (κ1) is 20.2. The van der Waals surface area contributed by atoms with E-state index in [9.17, 15) is 13.2 Å². The summed E-state index contributed by atoms with van der Waals surface area (Å²) in [5, 5.41) is 0. The zero-order valence-electron chi connectivity index (χ0n) is 16.3. The van der Waals surface area contributed by atoms with Crippen molar-refractivity contribution in [1.29, 1.82) is 0 Å². The molecule has 0 spiro atoms. The molecule has 0 radical (unpaired) electrons. The van der Waals surface area contributed by atoms with Crippen molar-refractivity contribution in [2.24, 2.45) is 0 Å². The van der Waals surface area contributed by atoms with Crippen LogP contribution in [0.5, 0.6) is 11.5 Å². The van der Waals surface area contributed by atoms with Gasteiger partial charge in [-0.05, 0) is 48.2 Å². The molecular formula is C21H25NO5S. The van der Waals surface area contributed by atoms with Gasteiger partial charge in [0, 0.05) is 18.4 Å². The van der Waals surface area contributed by atoms with Gasteiger partial charge in [0.15, 0.2) is 21.3 Å². The maximum atomic E-state index is 13.1. The van der Waals surface area contributed by atoms with Crippen LogP contribution in [0, 0.1) is 0 Å². The fraction of sp³-hybridized carbons (Fsp3) is 0.381. The summed E-state index contributed by atoms with van der Waals surface area (Å²) in [4.78, 5) is 14.9. The van der Waals surface area contributed by atoms with Gasteiger partial charge in [0.25, 0.3) is 5.91 Å². The van der Waals surface area contributed by atoms with Crippen molar-refractivity contribution in [3.63, 3.8) is 0 Å². The van der Waals surface area contributed by atoms with Crippen LogP contribution in [0.3, 0.4) is 0 Å². The molecule has 1 amide bonds. The summed E-state index contributed by atoms with van der Waals surface area (Å²) in [6.45, 7) is 0.683. The highest BCUT2D eigenvalue weighted by molar-refractivity contribution is 7.89. The van der Waals surface area contributed by atoms with E-state index in [2.05, 4.69) is 0 Å². The second-order valence-electron chi connectivity index (χ2n) is 7.04. The average molecular weight is 404 g/mol. The van der Waals surface area contributed by atoms with Crippen LogP contribution in [0.4, 0.5) is 0 Å². The van der Waals surface area contributed by atoms with Gasteiger partial charge in [0.2, 0.25) is 0 Å². The van der Waals surface area contributed by atoms with E-state index in [1.54, 1.807) is 38.5 Å². The third-order valence-electron chi connectivity index (χ3n) is 4.94. The number of likely N-dealkylation sites (tertiary alicyclic amines) is 1. The number of ether oxygens (including phenoxy) is 2. The van der Waals surface area contributed by atoms with Crippen LogP contribution in [0.2, 0.25) is 0 Å². The molecule has 0 aliphatic carbocycles. The smallest absolute Gasteiger partial charge is 0.254 e. The minimum Gasteiger partial charge on any atom is -0.493 e. The van der Waals surface area contributed by atoms with Crippen LogP contribution in [0.15, 0.2) is 42.5 Å². The Bertz CT molecular complexity index is 953. The first-order chi connectivity index (χ1) is 13.3. The molecule has 1 fully saturated rings. The number of rotatable bonds is 6. The average Bonchev–Trinajstić information content (AvgIpc) is 3.16. The fourth-order valence-corrected chi connectivity index (χ4v) is 4.43. The Morgan fingerprint density at radius 2 is 1.75 bits per heavy atom. The largest absolute Gasteiger partial charge is 0.493 e. The van der Waals surface area contributed by atoms with E-state index in [1.807, 2.05) is 23.1 Å². The van der Waals surface area contributed by atoms with Crippen molar-refractivity contribution >= 4 is 15.7 Å². The van der Waals surface area contributed by atoms with Crippen molar-refractivity contribution in [1.82, 2.24) is 4.90 Å². The van der Waals surface area contributed by atoms with Crippen molar-refractivity contribution < 1.29 is 22.7 Å². The number of carbonyl (C=O) groups excluding carboxylic acids is 1. The normalized spacial score (nSPS) is 16.8. The lowest BCUT2D eigenvalue weighted by atomic mass is 10.0. The molecule has 0 aromatic heterocycles. The standard InChI is InChI=1S/C21H25NO5S/c1-26-19-11-10-17(13-20(19)27-2)18-5-4-12-22(18)21(23)16-8-6-15(7-9-16)14-28(3,24)25/h6-11,13,18H,4-5,12,14H2,1-3H3/t18-/m0/s1. The van der Waals surface area contributed by atoms with Gasteiger partial charge in [-0.3, -0.25) is 4.79 Å². The van der Waals surface area contributed by atoms with E-state index in [1.165, 1.54) is 6.26 Å². The molecule has 1 atom stereocenters.